The summed E-state index contributed by atoms with van der Waals surface area (Å²) in [7, 11) is 0. The lowest BCUT2D eigenvalue weighted by Crippen LogP contribution is -2.42. The van der Waals surface area contributed by atoms with Crippen LogP contribution in [0.3, 0.4) is 0 Å². The van der Waals surface area contributed by atoms with E-state index in [0.717, 1.165) is 37.4 Å². The van der Waals surface area contributed by atoms with Gasteiger partial charge >= 0.3 is 5.97 Å². The first-order valence-electron chi connectivity index (χ1n) is 6.48. The van der Waals surface area contributed by atoms with E-state index in [-0.39, 0.29) is 6.04 Å². The average molecular weight is 250 g/mol. The molecule has 0 amide bonds. The van der Waals surface area contributed by atoms with E-state index in [1.54, 1.807) is 0 Å². The van der Waals surface area contributed by atoms with Gasteiger partial charge in [0.2, 0.25) is 0 Å². The molecule has 0 radical (unpaired) electrons. The number of nitrogens with zero attached hydrogens (tertiary/aromatic N) is 1. The fourth-order valence-corrected chi connectivity index (χ4v) is 2.98. The summed E-state index contributed by atoms with van der Waals surface area (Å²) in [5.41, 5.74) is 2.31. The molecule has 1 aromatic heterocycles. The summed E-state index contributed by atoms with van der Waals surface area (Å²) >= 11 is 0. The minimum atomic E-state index is -0.756. The number of aryl methyl sites for hydroxylation is 1. The SMILES string of the molecule is Cc1cc(C2CCCC(C(=O)O)N2)c2n1CCO2. The zero-order valence-electron chi connectivity index (χ0n) is 10.5. The normalized spacial score (nSPS) is 26.7. The zero-order chi connectivity index (χ0) is 12.7. The van der Waals surface area contributed by atoms with Crippen LogP contribution in [0, 0.1) is 6.92 Å². The largest absolute Gasteiger partial charge is 0.480 e. The van der Waals surface area contributed by atoms with Crippen molar-refractivity contribution in [1.29, 1.82) is 0 Å². The Hall–Kier alpha value is -1.49. The van der Waals surface area contributed by atoms with Crippen LogP contribution in [-0.4, -0.2) is 28.3 Å². The molecule has 5 heteroatoms. The standard InChI is InChI=1S/C13H18N2O3/c1-8-7-9(12-15(8)5-6-18-12)10-3-2-4-11(14-10)13(16)17/h7,10-11,14H,2-6H2,1H3,(H,16,17). The van der Waals surface area contributed by atoms with Crippen LogP contribution in [-0.2, 0) is 11.3 Å². The quantitative estimate of drug-likeness (QED) is 0.834. The molecule has 18 heavy (non-hydrogen) atoms. The van der Waals surface area contributed by atoms with Gasteiger partial charge in [0.05, 0.1) is 6.54 Å². The number of rotatable bonds is 2. The molecule has 0 spiro atoms. The van der Waals surface area contributed by atoms with Gasteiger partial charge in [0.1, 0.15) is 12.6 Å². The van der Waals surface area contributed by atoms with E-state index in [9.17, 15) is 4.79 Å². The number of carbonyl (C=O) groups is 1. The molecule has 98 valence electrons. The maximum Gasteiger partial charge on any atom is 0.320 e. The van der Waals surface area contributed by atoms with Crippen molar-refractivity contribution in [2.75, 3.05) is 6.61 Å². The van der Waals surface area contributed by atoms with E-state index < -0.39 is 12.0 Å². The highest BCUT2D eigenvalue weighted by Gasteiger charge is 2.31. The van der Waals surface area contributed by atoms with Crippen LogP contribution >= 0.6 is 0 Å². The molecular formula is C13H18N2O3. The van der Waals surface area contributed by atoms with Crippen LogP contribution in [0.15, 0.2) is 6.07 Å². The number of piperidine rings is 1. The Bertz CT molecular complexity index is 481. The number of hydrogen-bond donors (Lipinski definition) is 2. The summed E-state index contributed by atoms with van der Waals surface area (Å²) in [5, 5.41) is 12.3. The monoisotopic (exact) mass is 250 g/mol. The molecule has 2 atom stereocenters. The first kappa shape index (κ1) is 11.6. The smallest absolute Gasteiger partial charge is 0.320 e. The molecule has 0 aliphatic carbocycles. The molecule has 2 N–H and O–H groups in total. The van der Waals surface area contributed by atoms with Gasteiger partial charge in [-0.2, -0.15) is 0 Å². The first-order chi connectivity index (χ1) is 8.66. The van der Waals surface area contributed by atoms with Crippen molar-refractivity contribution in [3.63, 3.8) is 0 Å². The van der Waals surface area contributed by atoms with Gasteiger partial charge in [0, 0.05) is 17.3 Å². The molecule has 3 rings (SSSR count). The molecule has 0 bridgehead atoms. The van der Waals surface area contributed by atoms with Gasteiger partial charge in [0.15, 0.2) is 5.88 Å². The van der Waals surface area contributed by atoms with E-state index in [0.29, 0.717) is 6.42 Å². The topological polar surface area (TPSA) is 63.5 Å². The van der Waals surface area contributed by atoms with Crippen LogP contribution in [0.25, 0.3) is 0 Å². The number of carboxylic acid groups (broad SMARTS) is 1. The highest BCUT2D eigenvalue weighted by Crippen LogP contribution is 2.36. The van der Waals surface area contributed by atoms with Crippen molar-refractivity contribution in [3.05, 3.63) is 17.3 Å². The Morgan fingerprint density at radius 3 is 3.17 bits per heavy atom. The zero-order valence-corrected chi connectivity index (χ0v) is 10.5. The van der Waals surface area contributed by atoms with Gasteiger partial charge in [-0.15, -0.1) is 0 Å². The first-order valence-corrected chi connectivity index (χ1v) is 6.48. The molecule has 1 saturated heterocycles. The van der Waals surface area contributed by atoms with Gasteiger partial charge in [-0.1, -0.05) is 0 Å². The molecule has 0 aromatic carbocycles. The number of aromatic nitrogens is 1. The van der Waals surface area contributed by atoms with Crippen LogP contribution < -0.4 is 10.1 Å². The second kappa shape index (κ2) is 4.31. The fourth-order valence-electron chi connectivity index (χ4n) is 2.98. The fraction of sp³-hybridized carbons (Fsp3) is 0.615. The van der Waals surface area contributed by atoms with Gasteiger partial charge < -0.3 is 14.4 Å². The minimum absolute atomic E-state index is 0.105. The molecule has 0 saturated carbocycles. The molecule has 1 aromatic rings. The summed E-state index contributed by atoms with van der Waals surface area (Å²) in [6.45, 7) is 3.69. The molecular weight excluding hydrogens is 232 g/mol. The van der Waals surface area contributed by atoms with Crippen molar-refractivity contribution < 1.29 is 14.6 Å². The molecule has 2 aliphatic heterocycles. The number of hydrogen-bond acceptors (Lipinski definition) is 3. The van der Waals surface area contributed by atoms with Crippen molar-refractivity contribution in [2.45, 2.75) is 44.8 Å². The molecule has 1 fully saturated rings. The van der Waals surface area contributed by atoms with Crippen LogP contribution in [0.5, 0.6) is 5.88 Å². The van der Waals surface area contributed by atoms with Crippen LogP contribution in [0.1, 0.15) is 36.6 Å². The Morgan fingerprint density at radius 2 is 2.39 bits per heavy atom. The van der Waals surface area contributed by atoms with Crippen LogP contribution in [0.2, 0.25) is 0 Å². The molecule has 5 nitrogen and oxygen atoms in total. The van der Waals surface area contributed by atoms with E-state index in [1.165, 1.54) is 5.69 Å². The van der Waals surface area contributed by atoms with Crippen molar-refractivity contribution in [1.82, 2.24) is 9.88 Å². The Kier molecular flexibility index (Phi) is 2.78. The number of fused-ring (bicyclic) bond motifs is 1. The van der Waals surface area contributed by atoms with E-state index in [4.69, 9.17) is 9.84 Å². The van der Waals surface area contributed by atoms with E-state index in [1.807, 2.05) is 0 Å². The lowest BCUT2D eigenvalue weighted by atomic mass is 9.94. The van der Waals surface area contributed by atoms with Crippen molar-refractivity contribution >= 4 is 5.97 Å². The van der Waals surface area contributed by atoms with E-state index >= 15 is 0 Å². The van der Waals surface area contributed by atoms with E-state index in [2.05, 4.69) is 22.9 Å². The highest BCUT2D eigenvalue weighted by molar-refractivity contribution is 5.73. The number of nitrogens with one attached hydrogen (secondary N) is 1. The lowest BCUT2D eigenvalue weighted by Gasteiger charge is -2.28. The summed E-state index contributed by atoms with van der Waals surface area (Å²) in [6, 6.07) is 1.80. The molecule has 2 aliphatic rings. The van der Waals surface area contributed by atoms with Crippen molar-refractivity contribution in [2.24, 2.45) is 0 Å². The number of aliphatic carboxylic acids is 1. The highest BCUT2D eigenvalue weighted by atomic mass is 16.5. The molecule has 2 unspecified atom stereocenters. The second-order valence-corrected chi connectivity index (χ2v) is 5.09. The Balaban J connectivity index is 1.86. The predicted octanol–water partition coefficient (Wildman–Crippen LogP) is 1.46. The van der Waals surface area contributed by atoms with Gasteiger partial charge in [-0.05, 0) is 32.3 Å². The maximum atomic E-state index is 11.1. The summed E-state index contributed by atoms with van der Waals surface area (Å²) < 4.78 is 7.84. The Labute approximate surface area is 106 Å². The van der Waals surface area contributed by atoms with Gasteiger partial charge in [-0.3, -0.25) is 10.1 Å². The summed E-state index contributed by atoms with van der Waals surface area (Å²) in [4.78, 5) is 11.1. The average Bonchev–Trinajstić information content (AvgIpc) is 2.94. The Morgan fingerprint density at radius 1 is 1.56 bits per heavy atom. The van der Waals surface area contributed by atoms with Crippen LogP contribution in [0.4, 0.5) is 0 Å². The minimum Gasteiger partial charge on any atom is -0.480 e. The third-order valence-corrected chi connectivity index (χ3v) is 3.90. The third-order valence-electron chi connectivity index (χ3n) is 3.90. The number of ether oxygens (including phenoxy) is 1. The predicted molar refractivity (Wildman–Crippen MR) is 65.8 cm³/mol. The third kappa shape index (κ3) is 1.79. The summed E-state index contributed by atoms with van der Waals surface area (Å²) in [5.74, 6) is 0.171. The maximum absolute atomic E-state index is 11.1. The van der Waals surface area contributed by atoms with Gasteiger partial charge in [0.25, 0.3) is 0 Å². The van der Waals surface area contributed by atoms with Gasteiger partial charge in [-0.25, -0.2) is 0 Å². The lowest BCUT2D eigenvalue weighted by molar-refractivity contribution is -0.140. The molecule has 3 heterocycles. The van der Waals surface area contributed by atoms with Crippen molar-refractivity contribution in [3.8, 4) is 5.88 Å². The summed E-state index contributed by atoms with van der Waals surface area (Å²) in [6.07, 6.45) is 2.63. The second-order valence-electron chi connectivity index (χ2n) is 5.09. The number of carboxylic acids is 1.